The summed E-state index contributed by atoms with van der Waals surface area (Å²) >= 11 is 7.18. The molecule has 1 heterocycles. The summed E-state index contributed by atoms with van der Waals surface area (Å²) in [4.78, 5) is 4.28. The normalized spacial score (nSPS) is 11.4. The number of hydrogen-bond donors (Lipinski definition) is 1. The monoisotopic (exact) mass is 426 g/mol. The average molecular weight is 427 g/mol. The highest BCUT2D eigenvalue weighted by molar-refractivity contribution is 7.92. The first-order chi connectivity index (χ1) is 12.8. The average Bonchev–Trinajstić information content (AvgIpc) is 3.04. The molecule has 1 aromatic heterocycles. The van der Waals surface area contributed by atoms with E-state index >= 15 is 0 Å². The van der Waals surface area contributed by atoms with E-state index in [2.05, 4.69) is 9.71 Å². The Labute approximate surface area is 165 Å². The van der Waals surface area contributed by atoms with Gasteiger partial charge < -0.3 is 4.74 Å². The lowest BCUT2D eigenvalue weighted by Gasteiger charge is -2.14. The predicted molar refractivity (Wildman–Crippen MR) is 106 cm³/mol. The SMILES string of the molecule is CCOc1ccc(-c2csc(C)n2)cc1S(=O)(=O)Nc1ccc(Cl)cc1F. The van der Waals surface area contributed by atoms with Gasteiger partial charge in [0.25, 0.3) is 10.0 Å². The number of anilines is 1. The molecular formula is C18H16ClFN2O3S2. The minimum Gasteiger partial charge on any atom is -0.492 e. The molecule has 0 bridgehead atoms. The molecule has 0 atom stereocenters. The summed E-state index contributed by atoms with van der Waals surface area (Å²) in [6.45, 7) is 3.90. The van der Waals surface area contributed by atoms with Gasteiger partial charge in [0.1, 0.15) is 16.5 Å². The summed E-state index contributed by atoms with van der Waals surface area (Å²) in [5.41, 5.74) is 1.09. The zero-order valence-electron chi connectivity index (χ0n) is 14.5. The molecule has 2 aromatic carbocycles. The van der Waals surface area contributed by atoms with Crippen LogP contribution < -0.4 is 9.46 Å². The molecule has 0 aliphatic carbocycles. The van der Waals surface area contributed by atoms with Gasteiger partial charge in [-0.25, -0.2) is 17.8 Å². The van der Waals surface area contributed by atoms with Crippen molar-refractivity contribution < 1.29 is 17.5 Å². The van der Waals surface area contributed by atoms with E-state index in [0.29, 0.717) is 11.3 Å². The molecule has 0 radical (unpaired) electrons. The first-order valence-electron chi connectivity index (χ1n) is 7.97. The van der Waals surface area contributed by atoms with Crippen LogP contribution in [-0.2, 0) is 10.0 Å². The van der Waals surface area contributed by atoms with E-state index in [9.17, 15) is 12.8 Å². The molecule has 0 aliphatic rings. The number of sulfonamides is 1. The van der Waals surface area contributed by atoms with Gasteiger partial charge >= 0.3 is 0 Å². The van der Waals surface area contributed by atoms with Crippen LogP contribution in [0.25, 0.3) is 11.3 Å². The van der Waals surface area contributed by atoms with Crippen molar-refractivity contribution in [2.24, 2.45) is 0 Å². The molecule has 0 aliphatic heterocycles. The fourth-order valence-corrected chi connectivity index (χ4v) is 4.44. The highest BCUT2D eigenvalue weighted by Crippen LogP contribution is 2.32. The fraction of sp³-hybridized carbons (Fsp3) is 0.167. The Morgan fingerprint density at radius 3 is 2.67 bits per heavy atom. The fourth-order valence-electron chi connectivity index (χ4n) is 2.42. The largest absolute Gasteiger partial charge is 0.492 e. The summed E-state index contributed by atoms with van der Waals surface area (Å²) in [6, 6.07) is 8.48. The van der Waals surface area contributed by atoms with E-state index in [1.165, 1.54) is 29.5 Å². The van der Waals surface area contributed by atoms with Gasteiger partial charge in [-0.2, -0.15) is 0 Å². The zero-order chi connectivity index (χ0) is 19.6. The minimum absolute atomic E-state index is 0.0955. The van der Waals surface area contributed by atoms with E-state index in [-0.39, 0.29) is 28.0 Å². The molecule has 0 fully saturated rings. The second-order valence-electron chi connectivity index (χ2n) is 5.58. The molecule has 0 amide bonds. The summed E-state index contributed by atoms with van der Waals surface area (Å²) < 4.78 is 47.6. The Kier molecular flexibility index (Phi) is 5.69. The molecule has 0 saturated heterocycles. The molecule has 5 nitrogen and oxygen atoms in total. The van der Waals surface area contributed by atoms with Gasteiger partial charge in [0.15, 0.2) is 0 Å². The van der Waals surface area contributed by atoms with Crippen molar-refractivity contribution in [2.45, 2.75) is 18.7 Å². The third kappa shape index (κ3) is 4.40. The van der Waals surface area contributed by atoms with Crippen molar-refractivity contribution >= 4 is 38.6 Å². The van der Waals surface area contributed by atoms with Crippen LogP contribution in [0.5, 0.6) is 5.75 Å². The second kappa shape index (κ2) is 7.84. The predicted octanol–water partition coefficient (Wildman–Crippen LogP) is 5.11. The third-order valence-electron chi connectivity index (χ3n) is 3.62. The lowest BCUT2D eigenvalue weighted by molar-refractivity contribution is 0.331. The lowest BCUT2D eigenvalue weighted by atomic mass is 10.2. The maximum absolute atomic E-state index is 14.0. The van der Waals surface area contributed by atoms with Crippen molar-refractivity contribution in [3.05, 3.63) is 57.6 Å². The van der Waals surface area contributed by atoms with Gasteiger partial charge in [-0.05, 0) is 50.2 Å². The van der Waals surface area contributed by atoms with Gasteiger partial charge in [-0.3, -0.25) is 4.72 Å². The Hall–Kier alpha value is -2.16. The topological polar surface area (TPSA) is 68.3 Å². The number of nitrogens with one attached hydrogen (secondary N) is 1. The maximum Gasteiger partial charge on any atom is 0.265 e. The van der Waals surface area contributed by atoms with Gasteiger partial charge in [-0.15, -0.1) is 11.3 Å². The quantitative estimate of drug-likeness (QED) is 0.594. The van der Waals surface area contributed by atoms with Gasteiger partial charge in [0.05, 0.1) is 23.0 Å². The van der Waals surface area contributed by atoms with Crippen LogP contribution >= 0.6 is 22.9 Å². The number of aryl methyl sites for hydroxylation is 1. The molecule has 1 N–H and O–H groups in total. The summed E-state index contributed by atoms with van der Waals surface area (Å²) in [5, 5.41) is 2.88. The van der Waals surface area contributed by atoms with Crippen LogP contribution in [-0.4, -0.2) is 20.0 Å². The first-order valence-corrected chi connectivity index (χ1v) is 10.7. The smallest absolute Gasteiger partial charge is 0.265 e. The van der Waals surface area contributed by atoms with Crippen molar-refractivity contribution in [3.63, 3.8) is 0 Å². The van der Waals surface area contributed by atoms with Crippen molar-refractivity contribution in [1.29, 1.82) is 0 Å². The Bertz CT molecular complexity index is 1080. The zero-order valence-corrected chi connectivity index (χ0v) is 16.9. The molecule has 0 spiro atoms. The van der Waals surface area contributed by atoms with Crippen LogP contribution in [0.3, 0.4) is 0 Å². The molecule has 3 aromatic rings. The highest BCUT2D eigenvalue weighted by atomic mass is 35.5. The van der Waals surface area contributed by atoms with Gasteiger partial charge in [0.2, 0.25) is 0 Å². The number of ether oxygens (including phenoxy) is 1. The van der Waals surface area contributed by atoms with Crippen LogP contribution in [0.4, 0.5) is 10.1 Å². The molecule has 0 saturated carbocycles. The van der Waals surface area contributed by atoms with Gasteiger partial charge in [0, 0.05) is 16.0 Å². The lowest BCUT2D eigenvalue weighted by Crippen LogP contribution is -2.15. The van der Waals surface area contributed by atoms with Crippen LogP contribution in [0.1, 0.15) is 11.9 Å². The molecular weight excluding hydrogens is 411 g/mol. The van der Waals surface area contributed by atoms with E-state index in [1.54, 1.807) is 19.1 Å². The summed E-state index contributed by atoms with van der Waals surface area (Å²) in [5.74, 6) is -0.592. The Balaban J connectivity index is 2.06. The highest BCUT2D eigenvalue weighted by Gasteiger charge is 2.23. The summed E-state index contributed by atoms with van der Waals surface area (Å²) in [7, 11) is -4.11. The van der Waals surface area contributed by atoms with E-state index < -0.39 is 15.8 Å². The maximum atomic E-state index is 14.0. The third-order valence-corrected chi connectivity index (χ3v) is 6.02. The van der Waals surface area contributed by atoms with Crippen LogP contribution in [0.2, 0.25) is 5.02 Å². The Morgan fingerprint density at radius 2 is 2.04 bits per heavy atom. The standard InChI is InChI=1S/C18H16ClFN2O3S2/c1-3-25-17-7-4-12(16-10-26-11(2)21-16)8-18(17)27(23,24)22-15-6-5-13(19)9-14(15)20/h4-10,22H,3H2,1-2H3. The number of nitrogens with zero attached hydrogens (tertiary/aromatic N) is 1. The minimum atomic E-state index is -4.11. The molecule has 0 unspecified atom stereocenters. The number of thiazole rings is 1. The number of benzene rings is 2. The number of rotatable bonds is 6. The summed E-state index contributed by atoms with van der Waals surface area (Å²) in [6.07, 6.45) is 0. The van der Waals surface area contributed by atoms with Crippen LogP contribution in [0, 0.1) is 12.7 Å². The van der Waals surface area contributed by atoms with Crippen molar-refractivity contribution in [1.82, 2.24) is 4.98 Å². The molecule has 9 heteroatoms. The van der Waals surface area contributed by atoms with E-state index in [4.69, 9.17) is 16.3 Å². The second-order valence-corrected chi connectivity index (χ2v) is 8.73. The number of hydrogen-bond acceptors (Lipinski definition) is 5. The van der Waals surface area contributed by atoms with E-state index in [0.717, 1.165) is 11.1 Å². The first kappa shape index (κ1) is 19.6. The van der Waals surface area contributed by atoms with Crippen molar-refractivity contribution in [3.8, 4) is 17.0 Å². The van der Waals surface area contributed by atoms with Crippen molar-refractivity contribution in [2.75, 3.05) is 11.3 Å². The molecule has 3 rings (SSSR count). The van der Waals surface area contributed by atoms with Gasteiger partial charge in [-0.1, -0.05) is 11.6 Å². The van der Waals surface area contributed by atoms with E-state index in [1.807, 2.05) is 12.3 Å². The number of aromatic nitrogens is 1. The molecule has 27 heavy (non-hydrogen) atoms. The van der Waals surface area contributed by atoms with Crippen LogP contribution in [0.15, 0.2) is 46.7 Å². The number of halogens is 2. The Morgan fingerprint density at radius 1 is 1.26 bits per heavy atom. The molecule has 142 valence electrons.